The van der Waals surface area contributed by atoms with Gasteiger partial charge < -0.3 is 4.90 Å². The molecule has 2 aromatic heterocycles. The van der Waals surface area contributed by atoms with Crippen molar-refractivity contribution in [2.75, 3.05) is 16.5 Å². The maximum Gasteiger partial charge on any atom is 0.179 e. The molecular formula is C16H13N5. The number of benzene rings is 1. The average Bonchev–Trinajstić information content (AvgIpc) is 2.96. The van der Waals surface area contributed by atoms with Crippen molar-refractivity contribution in [3.8, 4) is 0 Å². The molecular weight excluding hydrogens is 262 g/mol. The molecule has 0 fully saturated rings. The Morgan fingerprint density at radius 2 is 1.38 bits per heavy atom. The molecule has 1 aliphatic heterocycles. The molecule has 4 rings (SSSR count). The largest absolute Gasteiger partial charge is 0.305 e. The van der Waals surface area contributed by atoms with Crippen molar-refractivity contribution in [1.82, 2.24) is 15.0 Å². The molecule has 0 saturated heterocycles. The maximum atomic E-state index is 4.49. The summed E-state index contributed by atoms with van der Waals surface area (Å²) in [6.45, 7) is 0.653. The summed E-state index contributed by atoms with van der Waals surface area (Å²) >= 11 is 0. The molecule has 1 aliphatic rings. The first-order valence-corrected chi connectivity index (χ1v) is 6.75. The zero-order chi connectivity index (χ0) is 14.1. The van der Waals surface area contributed by atoms with Crippen LogP contribution in [0.3, 0.4) is 0 Å². The summed E-state index contributed by atoms with van der Waals surface area (Å²) in [6, 6.07) is 16.1. The number of hydrogen-bond acceptors (Lipinski definition) is 5. The normalized spacial score (nSPS) is 13.3. The minimum Gasteiger partial charge on any atom is -0.305 e. The molecule has 5 nitrogen and oxygen atoms in total. The SMILES string of the molecule is c1ccc(N2CN(c3ccccn3)c3nccnc32)cc1. The lowest BCUT2D eigenvalue weighted by molar-refractivity contribution is 0.955. The van der Waals surface area contributed by atoms with E-state index in [2.05, 4.69) is 36.9 Å². The zero-order valence-corrected chi connectivity index (χ0v) is 11.3. The first-order valence-electron chi connectivity index (χ1n) is 6.75. The Morgan fingerprint density at radius 1 is 0.667 bits per heavy atom. The van der Waals surface area contributed by atoms with E-state index in [1.165, 1.54) is 0 Å². The quantitative estimate of drug-likeness (QED) is 0.719. The highest BCUT2D eigenvalue weighted by molar-refractivity contribution is 5.80. The molecule has 0 radical (unpaired) electrons. The average molecular weight is 275 g/mol. The van der Waals surface area contributed by atoms with Gasteiger partial charge in [0.05, 0.1) is 0 Å². The summed E-state index contributed by atoms with van der Waals surface area (Å²) in [4.78, 5) is 17.6. The van der Waals surface area contributed by atoms with Crippen molar-refractivity contribution in [1.29, 1.82) is 0 Å². The second-order valence-electron chi connectivity index (χ2n) is 4.72. The van der Waals surface area contributed by atoms with Crippen LogP contribution in [0.15, 0.2) is 67.1 Å². The summed E-state index contributed by atoms with van der Waals surface area (Å²) in [5.74, 6) is 2.56. The van der Waals surface area contributed by atoms with E-state index in [1.807, 2.05) is 36.4 Å². The minimum atomic E-state index is 0.653. The van der Waals surface area contributed by atoms with Crippen LogP contribution in [0.4, 0.5) is 23.1 Å². The molecule has 0 unspecified atom stereocenters. The molecule has 0 spiro atoms. The van der Waals surface area contributed by atoms with E-state index in [4.69, 9.17) is 0 Å². The van der Waals surface area contributed by atoms with Gasteiger partial charge in [0.1, 0.15) is 12.5 Å². The third-order valence-corrected chi connectivity index (χ3v) is 3.45. The van der Waals surface area contributed by atoms with Crippen LogP contribution in [0.5, 0.6) is 0 Å². The summed E-state index contributed by atoms with van der Waals surface area (Å²) in [6.07, 6.45) is 5.22. The number of para-hydroxylation sites is 1. The van der Waals surface area contributed by atoms with E-state index in [1.54, 1.807) is 18.6 Å². The molecule has 102 valence electrons. The second kappa shape index (κ2) is 4.86. The van der Waals surface area contributed by atoms with Crippen LogP contribution in [0.1, 0.15) is 0 Å². The topological polar surface area (TPSA) is 45.2 Å². The molecule has 0 aliphatic carbocycles. The number of fused-ring (bicyclic) bond motifs is 1. The fourth-order valence-electron chi connectivity index (χ4n) is 2.49. The van der Waals surface area contributed by atoms with Gasteiger partial charge in [0, 0.05) is 24.3 Å². The highest BCUT2D eigenvalue weighted by Gasteiger charge is 2.30. The van der Waals surface area contributed by atoms with Crippen molar-refractivity contribution in [2.24, 2.45) is 0 Å². The highest BCUT2D eigenvalue weighted by Crippen LogP contribution is 2.39. The van der Waals surface area contributed by atoms with E-state index in [0.29, 0.717) is 6.67 Å². The Morgan fingerprint density at radius 3 is 2.10 bits per heavy atom. The molecule has 0 saturated carbocycles. The lowest BCUT2D eigenvalue weighted by Crippen LogP contribution is -2.24. The minimum absolute atomic E-state index is 0.653. The molecule has 3 aromatic rings. The lowest BCUT2D eigenvalue weighted by Gasteiger charge is -2.19. The van der Waals surface area contributed by atoms with Crippen molar-refractivity contribution in [2.45, 2.75) is 0 Å². The van der Waals surface area contributed by atoms with Crippen molar-refractivity contribution >= 4 is 23.1 Å². The standard InChI is InChI=1S/C16H13N5/c1-2-6-13(7-3-1)20-12-21(14-8-4-5-9-17-14)16-15(20)18-10-11-19-16/h1-11H,12H2. The van der Waals surface area contributed by atoms with Gasteiger partial charge in [-0.3, -0.25) is 4.90 Å². The van der Waals surface area contributed by atoms with Crippen molar-refractivity contribution in [3.05, 3.63) is 67.1 Å². The molecule has 0 amide bonds. The van der Waals surface area contributed by atoms with Gasteiger partial charge in [-0.2, -0.15) is 0 Å². The summed E-state index contributed by atoms with van der Waals surface area (Å²) < 4.78 is 0. The number of hydrogen-bond donors (Lipinski definition) is 0. The fraction of sp³-hybridized carbons (Fsp3) is 0.0625. The third-order valence-electron chi connectivity index (χ3n) is 3.45. The smallest absolute Gasteiger partial charge is 0.179 e. The molecule has 0 N–H and O–H groups in total. The second-order valence-corrected chi connectivity index (χ2v) is 4.72. The Balaban J connectivity index is 1.81. The lowest BCUT2D eigenvalue weighted by atomic mass is 10.3. The first kappa shape index (κ1) is 11.8. The number of rotatable bonds is 2. The van der Waals surface area contributed by atoms with Gasteiger partial charge in [-0.15, -0.1) is 0 Å². The van der Waals surface area contributed by atoms with Crippen LogP contribution in [0, 0.1) is 0 Å². The molecule has 0 bridgehead atoms. The predicted molar refractivity (Wildman–Crippen MR) is 81.9 cm³/mol. The van der Waals surface area contributed by atoms with Gasteiger partial charge in [-0.25, -0.2) is 15.0 Å². The van der Waals surface area contributed by atoms with E-state index in [9.17, 15) is 0 Å². The van der Waals surface area contributed by atoms with Crippen LogP contribution in [-0.2, 0) is 0 Å². The van der Waals surface area contributed by atoms with Crippen LogP contribution in [0.25, 0.3) is 0 Å². The summed E-state index contributed by atoms with van der Waals surface area (Å²) in [7, 11) is 0. The van der Waals surface area contributed by atoms with Gasteiger partial charge in [0.2, 0.25) is 0 Å². The van der Waals surface area contributed by atoms with Gasteiger partial charge in [-0.1, -0.05) is 24.3 Å². The first-order chi connectivity index (χ1) is 10.4. The van der Waals surface area contributed by atoms with Crippen LogP contribution in [0.2, 0.25) is 0 Å². The number of nitrogens with zero attached hydrogens (tertiary/aromatic N) is 5. The van der Waals surface area contributed by atoms with Gasteiger partial charge in [-0.05, 0) is 24.3 Å². The number of aromatic nitrogens is 3. The van der Waals surface area contributed by atoms with Gasteiger partial charge >= 0.3 is 0 Å². The molecule has 1 aromatic carbocycles. The molecule has 3 heterocycles. The zero-order valence-electron chi connectivity index (χ0n) is 11.3. The third kappa shape index (κ3) is 1.99. The fourth-order valence-corrected chi connectivity index (χ4v) is 2.49. The van der Waals surface area contributed by atoms with E-state index >= 15 is 0 Å². The Labute approximate surface area is 122 Å². The van der Waals surface area contributed by atoms with Crippen LogP contribution in [-0.4, -0.2) is 21.6 Å². The Bertz CT molecular complexity index is 680. The highest BCUT2D eigenvalue weighted by atomic mass is 15.4. The van der Waals surface area contributed by atoms with Crippen LogP contribution >= 0.6 is 0 Å². The van der Waals surface area contributed by atoms with Crippen LogP contribution < -0.4 is 9.80 Å². The maximum absolute atomic E-state index is 4.49. The summed E-state index contributed by atoms with van der Waals surface area (Å²) in [5, 5.41) is 0. The van der Waals surface area contributed by atoms with Crippen molar-refractivity contribution < 1.29 is 0 Å². The van der Waals surface area contributed by atoms with E-state index in [0.717, 1.165) is 23.1 Å². The molecule has 0 atom stereocenters. The van der Waals surface area contributed by atoms with E-state index < -0.39 is 0 Å². The monoisotopic (exact) mass is 275 g/mol. The van der Waals surface area contributed by atoms with Gasteiger partial charge in [0.25, 0.3) is 0 Å². The number of anilines is 4. The summed E-state index contributed by atoms with van der Waals surface area (Å²) in [5.41, 5.74) is 1.10. The van der Waals surface area contributed by atoms with Gasteiger partial charge in [0.15, 0.2) is 11.6 Å². The Hall–Kier alpha value is -2.95. The molecule has 5 heteroatoms. The Kier molecular flexibility index (Phi) is 2.74. The predicted octanol–water partition coefficient (Wildman–Crippen LogP) is 3.12. The molecule has 21 heavy (non-hydrogen) atoms. The van der Waals surface area contributed by atoms with E-state index in [-0.39, 0.29) is 0 Å². The number of pyridine rings is 1. The van der Waals surface area contributed by atoms with Crippen molar-refractivity contribution in [3.63, 3.8) is 0 Å².